The Morgan fingerprint density at radius 3 is 2.80 bits per heavy atom. The summed E-state index contributed by atoms with van der Waals surface area (Å²) in [5.74, 6) is -0.256. The number of hydrogen-bond donors (Lipinski definition) is 0. The number of carbonyl (C=O) groups excluding carboxylic acids is 1. The minimum absolute atomic E-state index is 0.256. The molecule has 2 aromatic carbocycles. The molecule has 0 amide bonds. The Morgan fingerprint density at radius 1 is 1.08 bits per heavy atom. The summed E-state index contributed by atoms with van der Waals surface area (Å²) in [4.78, 5) is 19.8. The molecular weight excluding hydrogens is 312 g/mol. The molecule has 2 aliphatic rings. The van der Waals surface area contributed by atoms with Crippen LogP contribution in [0.25, 0.3) is 27.4 Å². The number of ether oxygens (including phenoxy) is 1. The summed E-state index contributed by atoms with van der Waals surface area (Å²) in [6.07, 6.45) is 3.12. The number of fused-ring (bicyclic) bond motifs is 4. The molecule has 0 atom stereocenters. The van der Waals surface area contributed by atoms with Crippen molar-refractivity contribution in [2.24, 2.45) is 0 Å². The highest BCUT2D eigenvalue weighted by molar-refractivity contribution is 6.27. The molecule has 0 aliphatic carbocycles. The van der Waals surface area contributed by atoms with Gasteiger partial charge in [0.25, 0.3) is 0 Å². The third-order valence-corrected chi connectivity index (χ3v) is 5.27. The smallest absolute Gasteiger partial charge is 0.340 e. The summed E-state index contributed by atoms with van der Waals surface area (Å²) < 4.78 is 5.13. The van der Waals surface area contributed by atoms with E-state index in [1.54, 1.807) is 0 Å². The van der Waals surface area contributed by atoms with Gasteiger partial charge in [-0.1, -0.05) is 30.3 Å². The summed E-state index contributed by atoms with van der Waals surface area (Å²) in [7, 11) is 1.46. The second-order valence-corrected chi connectivity index (χ2v) is 6.60. The van der Waals surface area contributed by atoms with Gasteiger partial charge in [0.1, 0.15) is 0 Å². The molecule has 4 nitrogen and oxygen atoms in total. The number of aromatic nitrogens is 1. The zero-order valence-corrected chi connectivity index (χ0v) is 14.1. The lowest BCUT2D eigenvalue weighted by atomic mass is 9.88. The second-order valence-electron chi connectivity index (χ2n) is 6.60. The number of anilines is 1. The monoisotopic (exact) mass is 330 g/mol. The second kappa shape index (κ2) is 5.31. The van der Waals surface area contributed by atoms with E-state index < -0.39 is 0 Å². The number of rotatable bonds is 1. The first-order chi connectivity index (χ1) is 12.3. The molecule has 0 unspecified atom stereocenters. The quantitative estimate of drug-likeness (QED) is 0.493. The van der Waals surface area contributed by atoms with E-state index in [1.807, 2.05) is 24.3 Å². The number of carbonyl (C=O) groups is 1. The standard InChI is InChI=1S/C21H18N2O2/c1-25-21(24)19-14-8-6-10-16-18(14)20(23-12-5-4-11-17(19)23)13-7-2-3-9-15(13)22-16/h2-3,6-10H,4-5,11-12H2,1H3. The summed E-state index contributed by atoms with van der Waals surface area (Å²) in [5, 5.41) is 2.21. The van der Waals surface area contributed by atoms with Gasteiger partial charge in [-0.05, 0) is 31.4 Å². The minimum Gasteiger partial charge on any atom is -0.465 e. The zero-order chi connectivity index (χ0) is 17.0. The number of hydrogen-bond acceptors (Lipinski definition) is 4. The normalized spacial score (nSPS) is 16.3. The van der Waals surface area contributed by atoms with Crippen LogP contribution in [-0.4, -0.2) is 24.6 Å². The predicted octanol–water partition coefficient (Wildman–Crippen LogP) is 4.28. The van der Waals surface area contributed by atoms with Crippen LogP contribution < -0.4 is 4.90 Å². The third-order valence-electron chi connectivity index (χ3n) is 5.27. The van der Waals surface area contributed by atoms with Crippen LogP contribution in [-0.2, 0) is 9.53 Å². The highest BCUT2D eigenvalue weighted by Crippen LogP contribution is 2.47. The fourth-order valence-corrected chi connectivity index (χ4v) is 4.23. The number of piperidine rings is 1. The molecule has 0 spiro atoms. The average molecular weight is 330 g/mol. The van der Waals surface area contributed by atoms with Crippen molar-refractivity contribution in [1.29, 1.82) is 0 Å². The zero-order valence-electron chi connectivity index (χ0n) is 14.1. The number of pyridine rings is 1. The number of para-hydroxylation sites is 1. The van der Waals surface area contributed by atoms with Gasteiger partial charge < -0.3 is 9.64 Å². The Labute approximate surface area is 145 Å². The molecule has 0 radical (unpaired) electrons. The summed E-state index contributed by atoms with van der Waals surface area (Å²) in [6, 6.07) is 14.3. The van der Waals surface area contributed by atoms with Crippen LogP contribution in [0.5, 0.6) is 0 Å². The van der Waals surface area contributed by atoms with Crippen LogP contribution in [0.4, 0.5) is 5.69 Å². The fraction of sp³-hybridized carbons (Fsp3) is 0.238. The van der Waals surface area contributed by atoms with E-state index in [4.69, 9.17) is 9.72 Å². The van der Waals surface area contributed by atoms with Crippen LogP contribution in [0.1, 0.15) is 24.8 Å². The first kappa shape index (κ1) is 14.5. The largest absolute Gasteiger partial charge is 0.465 e. The summed E-state index contributed by atoms with van der Waals surface area (Å²) >= 11 is 0. The lowest BCUT2D eigenvalue weighted by Gasteiger charge is -2.38. The van der Waals surface area contributed by atoms with E-state index >= 15 is 0 Å². The number of benzene rings is 2. The molecule has 0 N–H and O–H groups in total. The molecule has 1 aromatic heterocycles. The van der Waals surface area contributed by atoms with Crippen molar-refractivity contribution in [2.45, 2.75) is 19.3 Å². The Bertz CT molecular complexity index is 1070. The molecule has 25 heavy (non-hydrogen) atoms. The van der Waals surface area contributed by atoms with Crippen molar-refractivity contribution in [3.8, 4) is 0 Å². The van der Waals surface area contributed by atoms with Crippen molar-refractivity contribution in [1.82, 2.24) is 4.98 Å². The van der Waals surface area contributed by atoms with Crippen LogP contribution >= 0.6 is 0 Å². The fourth-order valence-electron chi connectivity index (χ4n) is 4.23. The van der Waals surface area contributed by atoms with E-state index in [2.05, 4.69) is 23.1 Å². The number of nitrogens with zero attached hydrogens (tertiary/aromatic N) is 2. The molecule has 0 saturated carbocycles. The van der Waals surface area contributed by atoms with Gasteiger partial charge in [-0.3, -0.25) is 0 Å². The molecule has 1 fully saturated rings. The molecule has 3 aromatic rings. The van der Waals surface area contributed by atoms with Gasteiger partial charge in [0, 0.05) is 28.6 Å². The van der Waals surface area contributed by atoms with E-state index in [0.717, 1.165) is 58.9 Å². The summed E-state index contributed by atoms with van der Waals surface area (Å²) in [5.41, 5.74) is 5.86. The van der Waals surface area contributed by atoms with Crippen LogP contribution in [0, 0.1) is 0 Å². The molecule has 4 heteroatoms. The van der Waals surface area contributed by atoms with E-state index in [1.165, 1.54) is 12.8 Å². The molecule has 2 aliphatic heterocycles. The van der Waals surface area contributed by atoms with E-state index in [-0.39, 0.29) is 5.97 Å². The van der Waals surface area contributed by atoms with Crippen molar-refractivity contribution in [3.05, 3.63) is 53.7 Å². The maximum atomic E-state index is 12.6. The Hall–Kier alpha value is -2.88. The van der Waals surface area contributed by atoms with Gasteiger partial charge in [0.2, 0.25) is 0 Å². The molecule has 1 saturated heterocycles. The first-order valence-corrected chi connectivity index (χ1v) is 8.70. The maximum absolute atomic E-state index is 12.6. The highest BCUT2D eigenvalue weighted by atomic mass is 16.5. The van der Waals surface area contributed by atoms with E-state index in [0.29, 0.717) is 5.57 Å². The van der Waals surface area contributed by atoms with Crippen molar-refractivity contribution in [2.75, 3.05) is 18.6 Å². The van der Waals surface area contributed by atoms with Gasteiger partial charge in [-0.25, -0.2) is 9.78 Å². The van der Waals surface area contributed by atoms with Crippen molar-refractivity contribution < 1.29 is 9.53 Å². The average Bonchev–Trinajstić information content (AvgIpc) is 2.67. The number of esters is 1. The Kier molecular flexibility index (Phi) is 3.07. The van der Waals surface area contributed by atoms with Gasteiger partial charge in [-0.15, -0.1) is 0 Å². The molecule has 5 rings (SSSR count). The van der Waals surface area contributed by atoms with Gasteiger partial charge >= 0.3 is 5.97 Å². The first-order valence-electron chi connectivity index (χ1n) is 8.70. The van der Waals surface area contributed by atoms with Crippen LogP contribution in [0.3, 0.4) is 0 Å². The van der Waals surface area contributed by atoms with Crippen LogP contribution in [0.2, 0.25) is 0 Å². The molecule has 0 bridgehead atoms. The number of methoxy groups -OCH3 is 1. The lowest BCUT2D eigenvalue weighted by Crippen LogP contribution is -2.33. The predicted molar refractivity (Wildman–Crippen MR) is 99.4 cm³/mol. The van der Waals surface area contributed by atoms with Gasteiger partial charge in [0.05, 0.1) is 29.4 Å². The maximum Gasteiger partial charge on any atom is 0.340 e. The Morgan fingerprint density at radius 2 is 1.92 bits per heavy atom. The van der Waals surface area contributed by atoms with Gasteiger partial charge in [-0.2, -0.15) is 0 Å². The highest BCUT2D eigenvalue weighted by Gasteiger charge is 2.33. The topological polar surface area (TPSA) is 42.4 Å². The molecule has 3 heterocycles. The molecule has 124 valence electrons. The lowest BCUT2D eigenvalue weighted by molar-refractivity contribution is -0.133. The molecular formula is C21H18N2O2. The van der Waals surface area contributed by atoms with Crippen molar-refractivity contribution in [3.63, 3.8) is 0 Å². The third kappa shape index (κ3) is 1.94. The van der Waals surface area contributed by atoms with Crippen molar-refractivity contribution >= 4 is 39.0 Å². The van der Waals surface area contributed by atoms with E-state index in [9.17, 15) is 4.79 Å². The van der Waals surface area contributed by atoms with Gasteiger partial charge in [0.15, 0.2) is 0 Å². The summed E-state index contributed by atoms with van der Waals surface area (Å²) in [6.45, 7) is 0.924. The SMILES string of the molecule is COC(=O)C1=C2CCCCN2c2c3ccccc3nc3cccc1c23. The van der Waals surface area contributed by atoms with Crippen LogP contribution in [0.15, 0.2) is 48.2 Å². The number of allylic oxidation sites excluding steroid dienone is 1. The Balaban J connectivity index is 1.97. The minimum atomic E-state index is -0.256.